The molecule has 0 aliphatic carbocycles. The van der Waals surface area contributed by atoms with E-state index in [0.29, 0.717) is 6.41 Å². The number of esters is 1. The summed E-state index contributed by atoms with van der Waals surface area (Å²) in [4.78, 5) is 19.0. The first-order valence-electron chi connectivity index (χ1n) is 2.77. The molecule has 0 aromatic heterocycles. The van der Waals surface area contributed by atoms with Crippen LogP contribution in [-0.2, 0) is 14.3 Å². The van der Waals surface area contributed by atoms with Gasteiger partial charge in [-0.05, 0) is 6.20 Å². The lowest BCUT2D eigenvalue weighted by atomic mass is 10.8. The zero-order chi connectivity index (χ0) is 9.11. The molecule has 0 saturated heterocycles. The summed E-state index contributed by atoms with van der Waals surface area (Å²) in [5.74, 6) is -0.329. The van der Waals surface area contributed by atoms with Gasteiger partial charge >= 0.3 is 5.97 Å². The molecule has 0 saturated carbocycles. The predicted octanol–water partition coefficient (Wildman–Crippen LogP) is 0.569. The van der Waals surface area contributed by atoms with Crippen LogP contribution in [0.3, 0.4) is 0 Å². The molecule has 0 atom stereocenters. The average molecular weight is 157 g/mol. The number of rotatable bonds is 3. The molecule has 0 aromatic carbocycles. The number of carbonyl (C=O) groups excluding carboxylic acids is 2. The average Bonchev–Trinajstić information content (AvgIpc) is 1.90. The summed E-state index contributed by atoms with van der Waals surface area (Å²) in [7, 11) is 0. The van der Waals surface area contributed by atoms with E-state index in [4.69, 9.17) is 0 Å². The van der Waals surface area contributed by atoms with Gasteiger partial charge in [-0.2, -0.15) is 0 Å². The van der Waals surface area contributed by atoms with Gasteiger partial charge in [0.25, 0.3) is 0 Å². The van der Waals surface area contributed by atoms with Gasteiger partial charge in [-0.15, -0.1) is 0 Å². The van der Waals surface area contributed by atoms with E-state index in [0.717, 1.165) is 6.26 Å². The lowest BCUT2D eigenvalue weighted by Crippen LogP contribution is -1.96. The maximum atomic E-state index is 9.75. The van der Waals surface area contributed by atoms with Gasteiger partial charge in [0.05, 0.1) is 6.26 Å². The molecule has 0 unspecified atom stereocenters. The highest BCUT2D eigenvalue weighted by molar-refractivity contribution is 5.66. The largest absolute Gasteiger partial charge is 0.435 e. The van der Waals surface area contributed by atoms with Crippen LogP contribution in [-0.4, -0.2) is 12.4 Å². The van der Waals surface area contributed by atoms with Crippen molar-refractivity contribution in [2.75, 3.05) is 0 Å². The Labute approximate surface area is 65.5 Å². The topological polar surface area (TPSA) is 55.4 Å². The Kier molecular flexibility index (Phi) is 12.4. The second-order valence-corrected chi connectivity index (χ2v) is 1.26. The minimum absolute atomic E-state index is 0.329. The monoisotopic (exact) mass is 157 g/mol. The van der Waals surface area contributed by atoms with E-state index in [9.17, 15) is 9.59 Å². The molecule has 62 valence electrons. The molecule has 0 aliphatic heterocycles. The van der Waals surface area contributed by atoms with Crippen LogP contribution in [0, 0.1) is 0 Å². The Morgan fingerprint density at radius 1 is 1.55 bits per heavy atom. The van der Waals surface area contributed by atoms with E-state index in [1.807, 2.05) is 0 Å². The standard InChI is InChI=1S/C4H6O2.C3H5NO/c1-3-6-4(2)5;1-2-4-3-5/h3H,1H2,2H3;2-3H,1H2,(H,4,5). The summed E-state index contributed by atoms with van der Waals surface area (Å²) in [6.45, 7) is 7.69. The van der Waals surface area contributed by atoms with Gasteiger partial charge in [0.1, 0.15) is 0 Å². The van der Waals surface area contributed by atoms with Crippen molar-refractivity contribution >= 4 is 12.4 Å². The van der Waals surface area contributed by atoms with Crippen LogP contribution in [0.2, 0.25) is 0 Å². The molecule has 0 bridgehead atoms. The number of ether oxygens (including phenoxy) is 1. The van der Waals surface area contributed by atoms with Crippen molar-refractivity contribution in [2.45, 2.75) is 6.92 Å². The summed E-state index contributed by atoms with van der Waals surface area (Å²) in [5.41, 5.74) is 0. The van der Waals surface area contributed by atoms with E-state index in [2.05, 4.69) is 23.2 Å². The fourth-order valence-corrected chi connectivity index (χ4v) is 0.165. The molecule has 0 spiro atoms. The zero-order valence-corrected chi connectivity index (χ0v) is 6.37. The Morgan fingerprint density at radius 3 is 2.09 bits per heavy atom. The Hall–Kier alpha value is -1.58. The predicted molar refractivity (Wildman–Crippen MR) is 41.4 cm³/mol. The number of hydrogen-bond donors (Lipinski definition) is 1. The van der Waals surface area contributed by atoms with Gasteiger partial charge in [0.15, 0.2) is 0 Å². The summed E-state index contributed by atoms with van der Waals surface area (Å²) in [5, 5.41) is 2.19. The van der Waals surface area contributed by atoms with Crippen LogP contribution in [0.5, 0.6) is 0 Å². The first-order chi connectivity index (χ1) is 5.18. The van der Waals surface area contributed by atoms with Crippen molar-refractivity contribution in [3.8, 4) is 0 Å². The second-order valence-electron chi connectivity index (χ2n) is 1.26. The maximum absolute atomic E-state index is 9.75. The first kappa shape index (κ1) is 12.1. The number of hydrogen-bond acceptors (Lipinski definition) is 3. The number of carbonyl (C=O) groups is 2. The fraction of sp³-hybridized carbons (Fsp3) is 0.143. The molecule has 4 nitrogen and oxygen atoms in total. The molecule has 11 heavy (non-hydrogen) atoms. The number of amides is 1. The third-order valence-corrected chi connectivity index (χ3v) is 0.435. The van der Waals surface area contributed by atoms with Crippen molar-refractivity contribution in [1.29, 1.82) is 0 Å². The molecule has 0 aromatic rings. The SMILES string of the molecule is C=CNC=O.C=COC(C)=O. The molecular formula is C7H11NO3. The van der Waals surface area contributed by atoms with Crippen LogP contribution in [0.1, 0.15) is 6.92 Å². The molecule has 0 heterocycles. The van der Waals surface area contributed by atoms with Gasteiger partial charge in [-0.25, -0.2) is 0 Å². The minimum atomic E-state index is -0.329. The van der Waals surface area contributed by atoms with E-state index in [1.165, 1.54) is 13.1 Å². The fourth-order valence-electron chi connectivity index (χ4n) is 0.165. The molecule has 0 rings (SSSR count). The van der Waals surface area contributed by atoms with E-state index >= 15 is 0 Å². The van der Waals surface area contributed by atoms with Gasteiger partial charge in [0, 0.05) is 6.92 Å². The Balaban J connectivity index is 0. The van der Waals surface area contributed by atoms with Crippen molar-refractivity contribution in [1.82, 2.24) is 5.32 Å². The zero-order valence-electron chi connectivity index (χ0n) is 6.37. The van der Waals surface area contributed by atoms with E-state index < -0.39 is 0 Å². The van der Waals surface area contributed by atoms with Crippen molar-refractivity contribution < 1.29 is 14.3 Å². The number of nitrogens with one attached hydrogen (secondary N) is 1. The summed E-state index contributed by atoms with van der Waals surface area (Å²) >= 11 is 0. The molecule has 0 fully saturated rings. The molecule has 1 amide bonds. The quantitative estimate of drug-likeness (QED) is 0.370. The molecule has 4 heteroatoms. The molecule has 1 N–H and O–H groups in total. The van der Waals surface area contributed by atoms with Gasteiger partial charge < -0.3 is 10.1 Å². The van der Waals surface area contributed by atoms with Gasteiger partial charge in [-0.3, -0.25) is 9.59 Å². The highest BCUT2D eigenvalue weighted by Crippen LogP contribution is 1.70. The second kappa shape index (κ2) is 11.2. The first-order valence-corrected chi connectivity index (χ1v) is 2.77. The van der Waals surface area contributed by atoms with Crippen molar-refractivity contribution in [3.05, 3.63) is 25.6 Å². The normalized spacial score (nSPS) is 6.27. The van der Waals surface area contributed by atoms with Crippen LogP contribution >= 0.6 is 0 Å². The minimum Gasteiger partial charge on any atom is -0.435 e. The summed E-state index contributed by atoms with van der Waals surface area (Å²) in [6.07, 6.45) is 2.97. The lowest BCUT2D eigenvalue weighted by molar-refractivity contribution is -0.135. The molecular weight excluding hydrogens is 146 g/mol. The van der Waals surface area contributed by atoms with Gasteiger partial charge in [0.2, 0.25) is 6.41 Å². The molecule has 0 aliphatic rings. The van der Waals surface area contributed by atoms with Crippen LogP contribution in [0.15, 0.2) is 25.6 Å². The Morgan fingerprint density at radius 2 is 2.09 bits per heavy atom. The van der Waals surface area contributed by atoms with Crippen LogP contribution < -0.4 is 5.32 Å². The van der Waals surface area contributed by atoms with E-state index in [1.54, 1.807) is 0 Å². The highest BCUT2D eigenvalue weighted by Gasteiger charge is 1.79. The van der Waals surface area contributed by atoms with Crippen molar-refractivity contribution in [2.24, 2.45) is 0 Å². The van der Waals surface area contributed by atoms with E-state index in [-0.39, 0.29) is 5.97 Å². The third kappa shape index (κ3) is 29.7. The summed E-state index contributed by atoms with van der Waals surface area (Å²) < 4.78 is 4.17. The highest BCUT2D eigenvalue weighted by atomic mass is 16.5. The van der Waals surface area contributed by atoms with Gasteiger partial charge in [-0.1, -0.05) is 13.2 Å². The Bertz CT molecular complexity index is 137. The summed E-state index contributed by atoms with van der Waals surface area (Å²) in [6, 6.07) is 0. The lowest BCUT2D eigenvalue weighted by Gasteiger charge is -1.83. The van der Waals surface area contributed by atoms with Crippen LogP contribution in [0.25, 0.3) is 0 Å². The smallest absolute Gasteiger partial charge is 0.307 e. The van der Waals surface area contributed by atoms with Crippen molar-refractivity contribution in [3.63, 3.8) is 0 Å². The molecule has 0 radical (unpaired) electrons. The van der Waals surface area contributed by atoms with Crippen LogP contribution in [0.4, 0.5) is 0 Å². The maximum Gasteiger partial charge on any atom is 0.307 e. The third-order valence-electron chi connectivity index (χ3n) is 0.435.